The molecule has 1 spiro atoms. The van der Waals surface area contributed by atoms with Gasteiger partial charge in [0, 0.05) is 44.8 Å². The highest BCUT2D eigenvalue weighted by atomic mass is 16.5. The van der Waals surface area contributed by atoms with Crippen molar-refractivity contribution in [2.45, 2.75) is 64.1 Å². The highest BCUT2D eigenvalue weighted by Crippen LogP contribution is 2.36. The third-order valence-corrected chi connectivity index (χ3v) is 7.06. The average molecular weight is 415 g/mol. The van der Waals surface area contributed by atoms with E-state index >= 15 is 0 Å². The van der Waals surface area contributed by atoms with Crippen LogP contribution in [0.25, 0.3) is 0 Å². The summed E-state index contributed by atoms with van der Waals surface area (Å²) in [5, 5.41) is 0. The molecule has 3 heterocycles. The maximum absolute atomic E-state index is 12.9. The molecule has 0 radical (unpaired) electrons. The molecule has 164 valence electrons. The molecular weight excluding hydrogens is 380 g/mol. The van der Waals surface area contributed by atoms with Crippen LogP contribution in [0.3, 0.4) is 0 Å². The lowest BCUT2D eigenvalue weighted by molar-refractivity contribution is -0.161. The summed E-state index contributed by atoms with van der Waals surface area (Å²) in [6.07, 6.45) is 5.55. The first-order chi connectivity index (χ1) is 14.5. The Morgan fingerprint density at radius 3 is 2.50 bits per heavy atom. The molecule has 1 aromatic rings. The smallest absolute Gasteiger partial charge is 0.253 e. The van der Waals surface area contributed by atoms with Crippen LogP contribution in [0.1, 0.15) is 60.0 Å². The molecule has 3 saturated heterocycles. The molecular formula is C24H34N2O4. The van der Waals surface area contributed by atoms with Gasteiger partial charge in [0.15, 0.2) is 0 Å². The molecule has 3 fully saturated rings. The maximum atomic E-state index is 12.9. The van der Waals surface area contributed by atoms with Crippen molar-refractivity contribution < 1.29 is 19.1 Å². The van der Waals surface area contributed by atoms with Gasteiger partial charge in [-0.05, 0) is 69.2 Å². The number of rotatable bonds is 4. The lowest BCUT2D eigenvalue weighted by Crippen LogP contribution is -2.52. The molecule has 2 amide bonds. The second kappa shape index (κ2) is 9.06. The molecule has 6 heteroatoms. The van der Waals surface area contributed by atoms with Crippen molar-refractivity contribution in [3.05, 3.63) is 34.9 Å². The van der Waals surface area contributed by atoms with Gasteiger partial charge in [-0.3, -0.25) is 9.59 Å². The van der Waals surface area contributed by atoms with Crippen molar-refractivity contribution in [3.63, 3.8) is 0 Å². The van der Waals surface area contributed by atoms with Gasteiger partial charge in [0.05, 0.1) is 11.7 Å². The van der Waals surface area contributed by atoms with Crippen LogP contribution >= 0.6 is 0 Å². The Hall–Kier alpha value is -1.92. The van der Waals surface area contributed by atoms with Gasteiger partial charge in [-0.25, -0.2) is 0 Å². The Labute approximate surface area is 179 Å². The summed E-state index contributed by atoms with van der Waals surface area (Å²) >= 11 is 0. The number of aryl methyl sites for hydroxylation is 2. The van der Waals surface area contributed by atoms with Crippen LogP contribution < -0.4 is 0 Å². The molecule has 1 unspecified atom stereocenters. The lowest BCUT2D eigenvalue weighted by Gasteiger charge is -2.46. The van der Waals surface area contributed by atoms with Gasteiger partial charge in [0.25, 0.3) is 5.91 Å². The molecule has 1 atom stereocenters. The minimum atomic E-state index is -0.223. The first-order valence-corrected chi connectivity index (χ1v) is 11.4. The number of ether oxygens (including phenoxy) is 2. The van der Waals surface area contributed by atoms with E-state index in [0.717, 1.165) is 62.7 Å². The Morgan fingerprint density at radius 1 is 1.07 bits per heavy atom. The van der Waals surface area contributed by atoms with E-state index in [0.29, 0.717) is 19.7 Å². The van der Waals surface area contributed by atoms with Crippen molar-refractivity contribution >= 4 is 11.8 Å². The lowest BCUT2D eigenvalue weighted by atomic mass is 9.83. The fourth-order valence-corrected chi connectivity index (χ4v) is 4.89. The minimum absolute atomic E-state index is 0.0623. The molecule has 1 aromatic carbocycles. The Kier molecular flexibility index (Phi) is 6.44. The number of hydrogen-bond donors (Lipinski definition) is 0. The van der Waals surface area contributed by atoms with Gasteiger partial charge in [-0.15, -0.1) is 0 Å². The van der Waals surface area contributed by atoms with Crippen LogP contribution in [0.4, 0.5) is 0 Å². The van der Waals surface area contributed by atoms with E-state index in [2.05, 4.69) is 6.92 Å². The van der Waals surface area contributed by atoms with E-state index < -0.39 is 0 Å². The molecule has 3 aliphatic heterocycles. The SMILES string of the molecule is Cc1ccc(C(=O)N2CCC3(CC2)CC(OCC(=O)N2CCCC2)CCO3)cc1C. The average Bonchev–Trinajstić information content (AvgIpc) is 3.29. The van der Waals surface area contributed by atoms with Crippen LogP contribution in [-0.2, 0) is 14.3 Å². The normalized spacial score (nSPS) is 23.7. The quantitative estimate of drug-likeness (QED) is 0.760. The largest absolute Gasteiger partial charge is 0.375 e. The number of piperidine rings is 1. The second-order valence-corrected chi connectivity index (χ2v) is 9.14. The first kappa shape index (κ1) is 21.3. The van der Waals surface area contributed by atoms with E-state index in [4.69, 9.17) is 9.47 Å². The summed E-state index contributed by atoms with van der Waals surface area (Å²) in [4.78, 5) is 29.1. The Bertz CT molecular complexity index is 779. The molecule has 0 bridgehead atoms. The maximum Gasteiger partial charge on any atom is 0.253 e. The molecule has 0 aromatic heterocycles. The van der Waals surface area contributed by atoms with Crippen LogP contribution in [0.5, 0.6) is 0 Å². The Morgan fingerprint density at radius 2 is 1.80 bits per heavy atom. The van der Waals surface area contributed by atoms with E-state index in [1.165, 1.54) is 5.56 Å². The molecule has 6 nitrogen and oxygen atoms in total. The number of likely N-dealkylation sites (tertiary alicyclic amines) is 2. The molecule has 30 heavy (non-hydrogen) atoms. The zero-order valence-electron chi connectivity index (χ0n) is 18.3. The number of carbonyl (C=O) groups is 2. The number of carbonyl (C=O) groups excluding carboxylic acids is 2. The summed E-state index contributed by atoms with van der Waals surface area (Å²) in [5.74, 6) is 0.217. The predicted molar refractivity (Wildman–Crippen MR) is 115 cm³/mol. The fourth-order valence-electron chi connectivity index (χ4n) is 4.89. The Balaban J connectivity index is 1.29. The summed E-state index contributed by atoms with van der Waals surface area (Å²) in [5.41, 5.74) is 2.89. The minimum Gasteiger partial charge on any atom is -0.375 e. The van der Waals surface area contributed by atoms with Crippen molar-refractivity contribution in [2.75, 3.05) is 39.4 Å². The van der Waals surface area contributed by atoms with E-state index in [9.17, 15) is 9.59 Å². The van der Waals surface area contributed by atoms with Crippen LogP contribution in [0.2, 0.25) is 0 Å². The topological polar surface area (TPSA) is 59.1 Å². The highest BCUT2D eigenvalue weighted by molar-refractivity contribution is 5.94. The third-order valence-electron chi connectivity index (χ3n) is 7.06. The molecule has 4 rings (SSSR count). The van der Waals surface area contributed by atoms with E-state index in [-0.39, 0.29) is 30.1 Å². The number of benzene rings is 1. The fraction of sp³-hybridized carbons (Fsp3) is 0.667. The molecule has 0 N–H and O–H groups in total. The van der Waals surface area contributed by atoms with Gasteiger partial charge < -0.3 is 19.3 Å². The van der Waals surface area contributed by atoms with Crippen LogP contribution in [0.15, 0.2) is 18.2 Å². The first-order valence-electron chi connectivity index (χ1n) is 11.4. The van der Waals surface area contributed by atoms with Gasteiger partial charge in [0.2, 0.25) is 5.91 Å². The van der Waals surface area contributed by atoms with Crippen molar-refractivity contribution in [3.8, 4) is 0 Å². The summed E-state index contributed by atoms with van der Waals surface area (Å²) in [6, 6.07) is 5.93. The standard InChI is InChI=1S/C24H34N2O4/c1-18-5-6-20(15-19(18)2)23(28)26-12-8-24(9-13-26)16-21(7-14-30-24)29-17-22(27)25-10-3-4-11-25/h5-6,15,21H,3-4,7-14,16-17H2,1-2H3. The van der Waals surface area contributed by atoms with Crippen LogP contribution in [0, 0.1) is 13.8 Å². The summed E-state index contributed by atoms with van der Waals surface area (Å²) < 4.78 is 12.2. The zero-order valence-corrected chi connectivity index (χ0v) is 18.3. The molecule has 0 saturated carbocycles. The molecule has 3 aliphatic rings. The van der Waals surface area contributed by atoms with Gasteiger partial charge in [-0.2, -0.15) is 0 Å². The summed E-state index contributed by atoms with van der Waals surface area (Å²) in [7, 11) is 0. The van der Waals surface area contributed by atoms with Crippen molar-refractivity contribution in [1.82, 2.24) is 9.80 Å². The third kappa shape index (κ3) is 4.70. The van der Waals surface area contributed by atoms with Gasteiger partial charge in [-0.1, -0.05) is 6.07 Å². The van der Waals surface area contributed by atoms with Crippen LogP contribution in [-0.4, -0.2) is 72.7 Å². The zero-order chi connectivity index (χ0) is 21.1. The number of amides is 2. The van der Waals surface area contributed by atoms with E-state index in [1.807, 2.05) is 34.9 Å². The monoisotopic (exact) mass is 414 g/mol. The van der Waals surface area contributed by atoms with Gasteiger partial charge >= 0.3 is 0 Å². The predicted octanol–water partition coefficient (Wildman–Crippen LogP) is 3.10. The van der Waals surface area contributed by atoms with E-state index in [1.54, 1.807) is 0 Å². The van der Waals surface area contributed by atoms with Crippen molar-refractivity contribution in [1.29, 1.82) is 0 Å². The van der Waals surface area contributed by atoms with Gasteiger partial charge in [0.1, 0.15) is 6.61 Å². The number of hydrogen-bond acceptors (Lipinski definition) is 4. The highest BCUT2D eigenvalue weighted by Gasteiger charge is 2.41. The summed E-state index contributed by atoms with van der Waals surface area (Å²) in [6.45, 7) is 8.07. The second-order valence-electron chi connectivity index (χ2n) is 9.14. The van der Waals surface area contributed by atoms with Crippen molar-refractivity contribution in [2.24, 2.45) is 0 Å². The molecule has 0 aliphatic carbocycles. The number of nitrogens with zero attached hydrogens (tertiary/aromatic N) is 2.